The Morgan fingerprint density at radius 1 is 1.58 bits per heavy atom. The van der Waals surface area contributed by atoms with Crippen molar-refractivity contribution in [2.24, 2.45) is 0 Å². The number of halogens is 1. The summed E-state index contributed by atoms with van der Waals surface area (Å²) in [6.45, 7) is 0. The van der Waals surface area contributed by atoms with E-state index in [1.807, 2.05) is 0 Å². The van der Waals surface area contributed by atoms with E-state index in [0.29, 0.717) is 17.8 Å². The molecule has 104 valence electrons. The van der Waals surface area contributed by atoms with Gasteiger partial charge < -0.3 is 4.74 Å². The first-order valence-electron chi connectivity index (χ1n) is 5.67. The number of hydrogen-bond acceptors (Lipinski definition) is 5. The molecule has 1 fully saturated rings. The Morgan fingerprint density at radius 2 is 2.32 bits per heavy atom. The molecular weight excluding hydrogens is 310 g/mol. The van der Waals surface area contributed by atoms with Crippen LogP contribution < -0.4 is 4.72 Å². The summed E-state index contributed by atoms with van der Waals surface area (Å²) in [5.74, 6) is 0. The second-order valence-corrected chi connectivity index (χ2v) is 7.27. The van der Waals surface area contributed by atoms with Gasteiger partial charge in [-0.1, -0.05) is 11.6 Å². The SMILES string of the molecule is COC1CC(NS(=O)(=O)c2c(Cl)nc3sccn23)C1. The predicted octanol–water partition coefficient (Wildman–Crippen LogP) is 1.50. The van der Waals surface area contributed by atoms with Gasteiger partial charge in [0.1, 0.15) is 0 Å². The van der Waals surface area contributed by atoms with Gasteiger partial charge in [-0.15, -0.1) is 11.3 Å². The zero-order valence-electron chi connectivity index (χ0n) is 10.0. The number of thiazole rings is 1. The van der Waals surface area contributed by atoms with Crippen molar-refractivity contribution >= 4 is 37.9 Å². The summed E-state index contributed by atoms with van der Waals surface area (Å²) in [7, 11) is -2.04. The molecule has 1 saturated carbocycles. The molecule has 3 rings (SSSR count). The van der Waals surface area contributed by atoms with Crippen LogP contribution in [0.3, 0.4) is 0 Å². The number of hydrogen-bond donors (Lipinski definition) is 1. The second kappa shape index (κ2) is 4.71. The first-order valence-corrected chi connectivity index (χ1v) is 8.41. The average Bonchev–Trinajstić information content (AvgIpc) is 2.81. The maximum atomic E-state index is 12.3. The van der Waals surface area contributed by atoms with Gasteiger partial charge in [0.15, 0.2) is 15.1 Å². The number of aromatic nitrogens is 2. The highest BCUT2D eigenvalue weighted by Gasteiger charge is 2.35. The van der Waals surface area contributed by atoms with Gasteiger partial charge in [-0.25, -0.2) is 18.1 Å². The van der Waals surface area contributed by atoms with Crippen LogP contribution >= 0.6 is 22.9 Å². The highest BCUT2D eigenvalue weighted by Crippen LogP contribution is 2.28. The number of nitrogens with one attached hydrogen (secondary N) is 1. The van der Waals surface area contributed by atoms with Crippen LogP contribution in [0.2, 0.25) is 5.15 Å². The predicted molar refractivity (Wildman–Crippen MR) is 72.2 cm³/mol. The van der Waals surface area contributed by atoms with Gasteiger partial charge in [-0.3, -0.25) is 4.40 Å². The van der Waals surface area contributed by atoms with Gasteiger partial charge in [-0.2, -0.15) is 0 Å². The lowest BCUT2D eigenvalue weighted by molar-refractivity contribution is 0.0236. The summed E-state index contributed by atoms with van der Waals surface area (Å²) in [5, 5.41) is 1.77. The molecule has 0 amide bonds. The monoisotopic (exact) mass is 321 g/mol. The van der Waals surface area contributed by atoms with Crippen LogP contribution in [0.5, 0.6) is 0 Å². The van der Waals surface area contributed by atoms with Crippen molar-refractivity contribution in [2.75, 3.05) is 7.11 Å². The highest BCUT2D eigenvalue weighted by molar-refractivity contribution is 7.89. The van der Waals surface area contributed by atoms with Gasteiger partial charge in [-0.05, 0) is 12.8 Å². The molecule has 9 heteroatoms. The van der Waals surface area contributed by atoms with E-state index in [0.717, 1.165) is 0 Å². The number of imidazole rings is 1. The first kappa shape index (κ1) is 13.3. The second-order valence-electron chi connectivity index (χ2n) is 4.41. The van der Waals surface area contributed by atoms with Crippen LogP contribution in [-0.2, 0) is 14.8 Å². The standard InChI is InChI=1S/C10H12ClN3O3S2/c1-17-7-4-6(5-7)13-19(15,16)9-8(11)12-10-14(9)2-3-18-10/h2-3,6-7,13H,4-5H2,1H3. The molecule has 0 aromatic carbocycles. The van der Waals surface area contributed by atoms with E-state index in [4.69, 9.17) is 16.3 Å². The molecule has 6 nitrogen and oxygen atoms in total. The van der Waals surface area contributed by atoms with Gasteiger partial charge in [0.05, 0.1) is 6.10 Å². The van der Waals surface area contributed by atoms with E-state index < -0.39 is 10.0 Å². The van der Waals surface area contributed by atoms with Crippen molar-refractivity contribution in [3.05, 3.63) is 16.7 Å². The number of rotatable bonds is 4. The van der Waals surface area contributed by atoms with E-state index in [1.165, 1.54) is 15.7 Å². The summed E-state index contributed by atoms with van der Waals surface area (Å²) in [5.41, 5.74) is 0. The van der Waals surface area contributed by atoms with Crippen molar-refractivity contribution in [3.63, 3.8) is 0 Å². The first-order chi connectivity index (χ1) is 9.01. The topological polar surface area (TPSA) is 72.7 Å². The van der Waals surface area contributed by atoms with Crippen LogP contribution in [-0.4, -0.2) is 37.1 Å². The lowest BCUT2D eigenvalue weighted by atomic mass is 9.90. The average molecular weight is 322 g/mol. The minimum Gasteiger partial charge on any atom is -0.381 e. The zero-order valence-corrected chi connectivity index (χ0v) is 12.4. The molecule has 0 bridgehead atoms. The quantitative estimate of drug-likeness (QED) is 0.926. The molecule has 2 aromatic heterocycles. The number of ether oxygens (including phenoxy) is 1. The summed E-state index contributed by atoms with van der Waals surface area (Å²) in [6, 6.07) is -0.102. The normalized spacial score (nSPS) is 23.7. The Hall–Kier alpha value is -0.670. The van der Waals surface area contributed by atoms with E-state index >= 15 is 0 Å². The fourth-order valence-corrected chi connectivity index (χ4v) is 4.82. The molecule has 2 aromatic rings. The van der Waals surface area contributed by atoms with Crippen LogP contribution in [0.4, 0.5) is 0 Å². The fourth-order valence-electron chi connectivity index (χ4n) is 2.11. The summed E-state index contributed by atoms with van der Waals surface area (Å²) >= 11 is 7.26. The van der Waals surface area contributed by atoms with E-state index in [1.54, 1.807) is 18.7 Å². The minimum atomic E-state index is -3.67. The molecule has 1 aliphatic carbocycles. The molecule has 0 unspecified atom stereocenters. The van der Waals surface area contributed by atoms with Crippen LogP contribution in [0.25, 0.3) is 4.96 Å². The Morgan fingerprint density at radius 3 is 3.00 bits per heavy atom. The minimum absolute atomic E-state index is 0.00182. The molecule has 1 aliphatic rings. The van der Waals surface area contributed by atoms with Gasteiger partial charge >= 0.3 is 0 Å². The third kappa shape index (κ3) is 2.27. The zero-order chi connectivity index (χ0) is 13.6. The van der Waals surface area contributed by atoms with Gasteiger partial charge in [0.2, 0.25) is 0 Å². The Labute approximate surface area is 119 Å². The third-order valence-corrected chi connectivity index (χ3v) is 5.86. The van der Waals surface area contributed by atoms with Crippen molar-refractivity contribution in [1.82, 2.24) is 14.1 Å². The molecule has 1 N–H and O–H groups in total. The largest absolute Gasteiger partial charge is 0.381 e. The molecule has 0 radical (unpaired) electrons. The maximum Gasteiger partial charge on any atom is 0.260 e. The maximum absolute atomic E-state index is 12.3. The molecule has 0 aliphatic heterocycles. The molecular formula is C10H12ClN3O3S2. The number of sulfonamides is 1. The number of methoxy groups -OCH3 is 1. The van der Waals surface area contributed by atoms with Crippen molar-refractivity contribution in [2.45, 2.75) is 30.0 Å². The molecule has 2 heterocycles. The van der Waals surface area contributed by atoms with Crippen LogP contribution in [0, 0.1) is 0 Å². The Balaban J connectivity index is 1.88. The van der Waals surface area contributed by atoms with E-state index in [-0.39, 0.29) is 22.3 Å². The van der Waals surface area contributed by atoms with E-state index in [2.05, 4.69) is 9.71 Å². The van der Waals surface area contributed by atoms with Crippen molar-refractivity contribution in [1.29, 1.82) is 0 Å². The van der Waals surface area contributed by atoms with Crippen LogP contribution in [0.1, 0.15) is 12.8 Å². The van der Waals surface area contributed by atoms with E-state index in [9.17, 15) is 8.42 Å². The number of fused-ring (bicyclic) bond motifs is 1. The van der Waals surface area contributed by atoms with Crippen molar-refractivity contribution < 1.29 is 13.2 Å². The summed E-state index contributed by atoms with van der Waals surface area (Å²) in [6.07, 6.45) is 3.14. The highest BCUT2D eigenvalue weighted by atomic mass is 35.5. The van der Waals surface area contributed by atoms with Gasteiger partial charge in [0, 0.05) is 24.7 Å². The smallest absolute Gasteiger partial charge is 0.260 e. The summed E-state index contributed by atoms with van der Waals surface area (Å²) < 4.78 is 33.9. The molecule has 0 saturated heterocycles. The van der Waals surface area contributed by atoms with Crippen molar-refractivity contribution in [3.8, 4) is 0 Å². The lowest BCUT2D eigenvalue weighted by Gasteiger charge is -2.34. The third-order valence-electron chi connectivity index (χ3n) is 3.18. The molecule has 0 atom stereocenters. The molecule has 19 heavy (non-hydrogen) atoms. The summed E-state index contributed by atoms with van der Waals surface area (Å²) in [4.78, 5) is 4.59. The van der Waals surface area contributed by atoms with Crippen LogP contribution in [0.15, 0.2) is 16.6 Å². The van der Waals surface area contributed by atoms with Gasteiger partial charge in [0.25, 0.3) is 10.0 Å². The Bertz CT molecular complexity index is 703. The fraction of sp³-hybridized carbons (Fsp3) is 0.500. The number of nitrogens with zero attached hydrogens (tertiary/aromatic N) is 2. The molecule has 0 spiro atoms. The lowest BCUT2D eigenvalue weighted by Crippen LogP contribution is -2.47. The Kier molecular flexibility index (Phi) is 3.30.